The van der Waals surface area contributed by atoms with Gasteiger partial charge in [0.2, 0.25) is 16.0 Å². The number of hydrogen-bond donors (Lipinski definition) is 1. The molecular weight excluding hydrogens is 467 g/mol. The Bertz CT molecular complexity index is 1670. The number of aromatic nitrogens is 5. The molecule has 0 bridgehead atoms. The molecule has 1 saturated carbocycles. The first-order valence-corrected chi connectivity index (χ1v) is 12.7. The van der Waals surface area contributed by atoms with Crippen molar-refractivity contribution in [3.8, 4) is 33.4 Å². The van der Waals surface area contributed by atoms with Gasteiger partial charge in [0.1, 0.15) is 0 Å². The molecule has 4 heterocycles. The Hall–Kier alpha value is -4.05. The van der Waals surface area contributed by atoms with E-state index in [1.165, 1.54) is 12.3 Å². The topological polar surface area (TPSA) is 94.2 Å². The van der Waals surface area contributed by atoms with Crippen LogP contribution in [0.15, 0.2) is 73.4 Å². The first-order valence-electron chi connectivity index (χ1n) is 11.1. The van der Waals surface area contributed by atoms with E-state index in [1.54, 1.807) is 39.8 Å². The zero-order valence-corrected chi connectivity index (χ0v) is 19.6. The molecule has 8 nitrogen and oxygen atoms in total. The Kier molecular flexibility index (Phi) is 4.92. The van der Waals surface area contributed by atoms with Gasteiger partial charge in [-0.1, -0.05) is 6.07 Å². The molecule has 0 radical (unpaired) electrons. The lowest BCUT2D eigenvalue weighted by Crippen LogP contribution is -2.17. The fourth-order valence-electron chi connectivity index (χ4n) is 4.13. The van der Waals surface area contributed by atoms with Crippen LogP contribution >= 0.6 is 0 Å². The molecule has 0 aliphatic heterocycles. The summed E-state index contributed by atoms with van der Waals surface area (Å²) in [6.07, 6.45) is 10.2. The molecule has 1 aromatic carbocycles. The number of sulfonamides is 1. The van der Waals surface area contributed by atoms with Crippen LogP contribution in [-0.4, -0.2) is 38.0 Å². The second-order valence-corrected chi connectivity index (χ2v) is 10.7. The van der Waals surface area contributed by atoms with Crippen LogP contribution in [0.4, 0.5) is 10.1 Å². The molecule has 4 aromatic heterocycles. The highest BCUT2D eigenvalue weighted by molar-refractivity contribution is 7.93. The summed E-state index contributed by atoms with van der Waals surface area (Å²) in [7, 11) is -1.59. The zero-order chi connectivity index (χ0) is 24.2. The molecule has 6 rings (SSSR count). The number of hydrogen-bond acceptors (Lipinski definition) is 5. The van der Waals surface area contributed by atoms with E-state index in [1.807, 2.05) is 37.6 Å². The van der Waals surface area contributed by atoms with E-state index in [4.69, 9.17) is 0 Å². The minimum Gasteiger partial charge on any atom is -0.283 e. The number of anilines is 1. The number of fused-ring (bicyclic) bond motifs is 1. The largest absolute Gasteiger partial charge is 0.283 e. The van der Waals surface area contributed by atoms with Crippen molar-refractivity contribution in [2.24, 2.45) is 7.05 Å². The molecule has 1 N–H and O–H groups in total. The summed E-state index contributed by atoms with van der Waals surface area (Å²) in [6.45, 7) is 0. The van der Waals surface area contributed by atoms with Crippen LogP contribution in [0.3, 0.4) is 0 Å². The quantitative estimate of drug-likeness (QED) is 0.355. The maximum absolute atomic E-state index is 13.4. The van der Waals surface area contributed by atoms with Crippen LogP contribution in [0.2, 0.25) is 0 Å². The summed E-state index contributed by atoms with van der Waals surface area (Å²) >= 11 is 0. The van der Waals surface area contributed by atoms with Crippen LogP contribution in [0, 0.1) is 5.95 Å². The SMILES string of the molecule is Cn1cc(-c2ccc3c(-c4cc(NS(=O)(=O)C5CC5)cc(-c5ccc(F)nc5)c4)cnn3c2)cn1. The monoisotopic (exact) mass is 488 g/mol. The van der Waals surface area contributed by atoms with Gasteiger partial charge < -0.3 is 0 Å². The molecule has 1 fully saturated rings. The zero-order valence-electron chi connectivity index (χ0n) is 18.8. The normalized spacial score (nSPS) is 13.9. The fourth-order valence-corrected chi connectivity index (χ4v) is 5.50. The van der Waals surface area contributed by atoms with Gasteiger partial charge in [-0.25, -0.2) is 17.9 Å². The Labute approximate surface area is 201 Å². The maximum Gasteiger partial charge on any atom is 0.235 e. The third-order valence-electron chi connectivity index (χ3n) is 6.08. The van der Waals surface area contributed by atoms with E-state index in [2.05, 4.69) is 19.9 Å². The third-order valence-corrected chi connectivity index (χ3v) is 7.95. The first kappa shape index (κ1) is 21.5. The third kappa shape index (κ3) is 4.17. The minimum absolute atomic E-state index is 0.357. The van der Waals surface area contributed by atoms with Crippen LogP contribution in [0.1, 0.15) is 12.8 Å². The number of halogens is 1. The molecular formula is C25H21FN6O2S. The maximum atomic E-state index is 13.4. The van der Waals surface area contributed by atoms with Crippen LogP contribution in [0.25, 0.3) is 38.9 Å². The Balaban J connectivity index is 1.46. The molecule has 0 spiro atoms. The number of nitrogens with zero attached hydrogens (tertiary/aromatic N) is 5. The Morgan fingerprint density at radius 2 is 1.69 bits per heavy atom. The smallest absolute Gasteiger partial charge is 0.235 e. The number of rotatable bonds is 6. The lowest BCUT2D eigenvalue weighted by Gasteiger charge is -2.12. The van der Waals surface area contributed by atoms with E-state index in [-0.39, 0.29) is 5.25 Å². The van der Waals surface area contributed by atoms with Crippen molar-refractivity contribution in [3.63, 3.8) is 0 Å². The van der Waals surface area contributed by atoms with E-state index < -0.39 is 16.0 Å². The Morgan fingerprint density at radius 3 is 2.40 bits per heavy atom. The lowest BCUT2D eigenvalue weighted by atomic mass is 9.99. The van der Waals surface area contributed by atoms with Gasteiger partial charge in [-0.15, -0.1) is 0 Å². The summed E-state index contributed by atoms with van der Waals surface area (Å²) < 4.78 is 45.0. The highest BCUT2D eigenvalue weighted by Gasteiger charge is 2.35. The predicted octanol–water partition coefficient (Wildman–Crippen LogP) is 4.51. The summed E-state index contributed by atoms with van der Waals surface area (Å²) in [5.74, 6) is -0.577. The number of nitrogens with one attached hydrogen (secondary N) is 1. The molecule has 0 unspecified atom stereocenters. The molecule has 1 aliphatic rings. The second-order valence-electron chi connectivity index (χ2n) is 8.72. The van der Waals surface area contributed by atoms with Crippen molar-refractivity contribution in [1.82, 2.24) is 24.4 Å². The van der Waals surface area contributed by atoms with E-state index in [0.717, 1.165) is 33.3 Å². The van der Waals surface area contributed by atoms with E-state index in [0.29, 0.717) is 24.1 Å². The fraction of sp³-hybridized carbons (Fsp3) is 0.160. The van der Waals surface area contributed by atoms with Crippen molar-refractivity contribution < 1.29 is 12.8 Å². The van der Waals surface area contributed by atoms with Gasteiger partial charge in [0.25, 0.3) is 0 Å². The van der Waals surface area contributed by atoms with Crippen molar-refractivity contribution in [1.29, 1.82) is 0 Å². The second kappa shape index (κ2) is 8.02. The predicted molar refractivity (Wildman–Crippen MR) is 132 cm³/mol. The molecule has 10 heteroatoms. The van der Waals surface area contributed by atoms with Gasteiger partial charge in [0, 0.05) is 53.6 Å². The Morgan fingerprint density at radius 1 is 0.886 bits per heavy atom. The molecule has 1 aliphatic carbocycles. The van der Waals surface area contributed by atoms with Gasteiger partial charge in [-0.2, -0.15) is 14.6 Å². The van der Waals surface area contributed by atoms with Gasteiger partial charge in [0.15, 0.2) is 0 Å². The number of benzene rings is 1. The summed E-state index contributed by atoms with van der Waals surface area (Å²) in [6, 6.07) is 12.3. The highest BCUT2D eigenvalue weighted by atomic mass is 32.2. The van der Waals surface area contributed by atoms with Crippen molar-refractivity contribution in [3.05, 3.63) is 79.4 Å². The average Bonchev–Trinajstić information content (AvgIpc) is 3.49. The summed E-state index contributed by atoms with van der Waals surface area (Å²) in [5.41, 5.74) is 6.28. The number of pyridine rings is 2. The molecule has 35 heavy (non-hydrogen) atoms. The molecule has 5 aromatic rings. The standard InChI is InChI=1S/C25H21FN6O2S/c1-31-14-20(12-28-31)17-2-6-24-23(13-29-32(24)15-17)19-8-18(16-3-7-25(26)27-11-16)9-21(10-19)30-35(33,34)22-4-5-22/h2-3,6-15,22,30H,4-5H2,1H3. The van der Waals surface area contributed by atoms with Gasteiger partial charge in [-0.05, 0) is 60.4 Å². The number of aryl methyl sites for hydroxylation is 1. The van der Waals surface area contributed by atoms with Gasteiger partial charge in [-0.3, -0.25) is 9.40 Å². The molecule has 176 valence electrons. The van der Waals surface area contributed by atoms with Crippen LogP contribution in [-0.2, 0) is 17.1 Å². The molecule has 0 saturated heterocycles. The first-order chi connectivity index (χ1) is 16.9. The van der Waals surface area contributed by atoms with Crippen molar-refractivity contribution in [2.75, 3.05) is 4.72 Å². The average molecular weight is 489 g/mol. The van der Waals surface area contributed by atoms with Crippen LogP contribution < -0.4 is 4.72 Å². The van der Waals surface area contributed by atoms with E-state index in [9.17, 15) is 12.8 Å². The lowest BCUT2D eigenvalue weighted by molar-refractivity contribution is 0.584. The highest BCUT2D eigenvalue weighted by Crippen LogP contribution is 2.35. The summed E-state index contributed by atoms with van der Waals surface area (Å²) in [5, 5.41) is 8.40. The molecule has 0 atom stereocenters. The molecule has 0 amide bonds. The van der Waals surface area contributed by atoms with E-state index >= 15 is 0 Å². The van der Waals surface area contributed by atoms with Gasteiger partial charge in [0.05, 0.1) is 23.2 Å². The van der Waals surface area contributed by atoms with Gasteiger partial charge >= 0.3 is 0 Å². The minimum atomic E-state index is -3.46. The van der Waals surface area contributed by atoms with Crippen LogP contribution in [0.5, 0.6) is 0 Å². The van der Waals surface area contributed by atoms with Crippen molar-refractivity contribution >= 4 is 21.2 Å². The summed E-state index contributed by atoms with van der Waals surface area (Å²) in [4.78, 5) is 3.75. The van der Waals surface area contributed by atoms with Crippen molar-refractivity contribution in [2.45, 2.75) is 18.1 Å².